The van der Waals surface area contributed by atoms with Gasteiger partial charge >= 0.3 is 11.9 Å². The minimum absolute atomic E-state index is 0.0619. The van der Waals surface area contributed by atoms with Gasteiger partial charge in [-0.25, -0.2) is 4.79 Å². The number of nitrogens with two attached hydrogens (primary N) is 3. The van der Waals surface area contributed by atoms with Gasteiger partial charge in [0.25, 0.3) is 0 Å². The first kappa shape index (κ1) is 53.4. The third-order valence-corrected chi connectivity index (χ3v) is 8.75. The maximum Gasteiger partial charge on any atom is 0.326 e. The Balaban J connectivity index is 5.75. The molecule has 24 nitrogen and oxygen atoms in total. The smallest absolute Gasteiger partial charge is 0.326 e. The number of aliphatic hydroxyl groups excluding tert-OH is 2. The number of aliphatic imine (C=N–C) groups is 1. The van der Waals surface area contributed by atoms with Crippen LogP contribution >= 0.6 is 0 Å². The minimum atomic E-state index is -1.76. The Hall–Kier alpha value is -5.62. The Labute approximate surface area is 342 Å². The second-order valence-electron chi connectivity index (χ2n) is 14.6. The summed E-state index contributed by atoms with van der Waals surface area (Å²) in [6.07, 6.45) is -3.42. The number of nitrogens with one attached hydrogen (secondary N) is 7. The second-order valence-corrected chi connectivity index (χ2v) is 14.6. The molecule has 59 heavy (non-hydrogen) atoms. The highest BCUT2D eigenvalue weighted by molar-refractivity contribution is 5.98. The first-order chi connectivity index (χ1) is 27.3. The summed E-state index contributed by atoms with van der Waals surface area (Å²) < 4.78 is 0. The summed E-state index contributed by atoms with van der Waals surface area (Å²) in [5.41, 5.74) is 16.3. The molecule has 0 rings (SSSR count). The molecule has 0 unspecified atom stereocenters. The molecule has 17 N–H and O–H groups in total. The molecule has 0 aromatic heterocycles. The first-order valence-corrected chi connectivity index (χ1v) is 19.0. The van der Waals surface area contributed by atoms with Crippen molar-refractivity contribution in [1.29, 1.82) is 0 Å². The summed E-state index contributed by atoms with van der Waals surface area (Å²) in [6, 6.07) is -10.2. The number of amides is 7. The molecule has 0 saturated carbocycles. The van der Waals surface area contributed by atoms with Gasteiger partial charge in [-0.1, -0.05) is 34.1 Å². The predicted molar refractivity (Wildman–Crippen MR) is 210 cm³/mol. The molecular weight excluding hydrogens is 782 g/mol. The van der Waals surface area contributed by atoms with Crippen molar-refractivity contribution < 1.29 is 63.6 Å². The van der Waals surface area contributed by atoms with Crippen LogP contribution < -0.4 is 54.4 Å². The topological polar surface area (TPSA) is 409 Å². The Bertz CT molecular complexity index is 1500. The van der Waals surface area contributed by atoms with E-state index in [0.29, 0.717) is 12.8 Å². The lowest BCUT2D eigenvalue weighted by Gasteiger charge is -2.28. The standard InChI is InChI=1S/C35H63N11O13/c1-8-16(4)25(45-30(54)22(13-24(50)51)43-28(52)17(5)41-29(53)20(36)12-15(2)3)31(55)40-14-23(49)44-26(18(6)47)33(57)46-27(19(7)48)32(56)42-21(34(58)59)10-9-11-39-35(37)38/h15-22,25-27,47-48H,8-14,36H2,1-7H3,(H,40,55)(H,41,53)(H,42,56)(H,43,52)(H,44,49)(H,45,54)(H,46,57)(H,50,51)(H,58,59)(H4,37,38,39)/t16-,17-,18+,19+,20-,21-,22-,25-,26-,27-/m0/s1. The predicted octanol–water partition coefficient (Wildman–Crippen LogP) is -5.17. The average molecular weight is 846 g/mol. The lowest BCUT2D eigenvalue weighted by atomic mass is 9.97. The number of nitrogens with zero attached hydrogens (tertiary/aromatic N) is 1. The van der Waals surface area contributed by atoms with Gasteiger partial charge in [-0.05, 0) is 51.9 Å². The fraction of sp³-hybridized carbons (Fsp3) is 0.714. The van der Waals surface area contributed by atoms with Crippen LogP contribution in [0.3, 0.4) is 0 Å². The molecule has 336 valence electrons. The van der Waals surface area contributed by atoms with E-state index in [1.165, 1.54) is 6.92 Å². The molecule has 0 heterocycles. The van der Waals surface area contributed by atoms with Gasteiger partial charge in [0.2, 0.25) is 41.4 Å². The van der Waals surface area contributed by atoms with Crippen LogP contribution in [0.2, 0.25) is 0 Å². The highest BCUT2D eigenvalue weighted by Crippen LogP contribution is 2.10. The van der Waals surface area contributed by atoms with E-state index >= 15 is 0 Å². The number of hydrogen-bond donors (Lipinski definition) is 14. The molecule has 0 radical (unpaired) electrons. The Morgan fingerprint density at radius 2 is 1.17 bits per heavy atom. The van der Waals surface area contributed by atoms with Crippen molar-refractivity contribution in [2.75, 3.05) is 13.1 Å². The fourth-order valence-corrected chi connectivity index (χ4v) is 5.22. The van der Waals surface area contributed by atoms with Crippen LogP contribution in [0.5, 0.6) is 0 Å². The molecule has 7 amide bonds. The van der Waals surface area contributed by atoms with Crippen LogP contribution in [0.25, 0.3) is 0 Å². The zero-order valence-corrected chi connectivity index (χ0v) is 34.4. The number of aliphatic hydroxyl groups is 2. The van der Waals surface area contributed by atoms with Gasteiger partial charge in [-0.3, -0.25) is 43.3 Å². The summed E-state index contributed by atoms with van der Waals surface area (Å²) in [7, 11) is 0. The molecule has 0 fully saturated rings. The lowest BCUT2D eigenvalue weighted by Crippen LogP contribution is -2.61. The molecule has 0 aliphatic carbocycles. The van der Waals surface area contributed by atoms with Crippen LogP contribution in [0.15, 0.2) is 4.99 Å². The normalized spacial score (nSPS) is 16.1. The third-order valence-electron chi connectivity index (χ3n) is 8.75. The zero-order valence-electron chi connectivity index (χ0n) is 34.4. The number of rotatable bonds is 27. The molecule has 0 spiro atoms. The SMILES string of the molecule is CC[C@H](C)[C@H](NC(=O)[C@H](CC(=O)O)NC(=O)[C@H](C)NC(=O)[C@@H](N)CC(C)C)C(=O)NCC(=O)N[C@H](C(=O)N[C@H](C(=O)N[C@@H](CCCN=C(N)N)C(=O)O)[C@@H](C)O)[C@@H](C)O. The Morgan fingerprint density at radius 1 is 0.644 bits per heavy atom. The van der Waals surface area contributed by atoms with Gasteiger partial charge < -0.3 is 74.8 Å². The minimum Gasteiger partial charge on any atom is -0.481 e. The van der Waals surface area contributed by atoms with Crippen molar-refractivity contribution in [3.8, 4) is 0 Å². The van der Waals surface area contributed by atoms with Gasteiger partial charge in [0.1, 0.15) is 36.3 Å². The van der Waals surface area contributed by atoms with Crippen LogP contribution in [0, 0.1) is 11.8 Å². The van der Waals surface area contributed by atoms with Crippen molar-refractivity contribution >= 4 is 59.2 Å². The fourth-order valence-electron chi connectivity index (χ4n) is 5.22. The number of carboxylic acid groups (broad SMARTS) is 2. The van der Waals surface area contributed by atoms with Crippen molar-refractivity contribution in [2.45, 2.75) is 135 Å². The number of aliphatic carboxylic acids is 2. The molecular formula is C35H63N11O13. The van der Waals surface area contributed by atoms with Gasteiger partial charge in [0, 0.05) is 6.54 Å². The molecule has 0 bridgehead atoms. The van der Waals surface area contributed by atoms with E-state index < -0.39 is 127 Å². The van der Waals surface area contributed by atoms with E-state index in [9.17, 15) is 63.6 Å². The van der Waals surface area contributed by atoms with E-state index in [2.05, 4.69) is 42.2 Å². The Morgan fingerprint density at radius 3 is 1.66 bits per heavy atom. The van der Waals surface area contributed by atoms with Crippen molar-refractivity contribution in [3.63, 3.8) is 0 Å². The molecule has 0 aliphatic rings. The van der Waals surface area contributed by atoms with Crippen LogP contribution in [0.4, 0.5) is 0 Å². The van der Waals surface area contributed by atoms with Crippen LogP contribution in [0.1, 0.15) is 80.6 Å². The van der Waals surface area contributed by atoms with Gasteiger partial charge in [0.15, 0.2) is 5.96 Å². The van der Waals surface area contributed by atoms with Crippen LogP contribution in [-0.4, -0.2) is 147 Å². The quantitative estimate of drug-likeness (QED) is 0.0209. The molecule has 10 atom stereocenters. The molecule has 0 saturated heterocycles. The van der Waals surface area contributed by atoms with E-state index in [0.717, 1.165) is 13.8 Å². The second kappa shape index (κ2) is 26.4. The average Bonchev–Trinajstić information content (AvgIpc) is 3.13. The number of carbonyl (C=O) groups is 9. The van der Waals surface area contributed by atoms with Crippen molar-refractivity contribution in [2.24, 2.45) is 34.0 Å². The Kier molecular flexibility index (Phi) is 23.9. The molecule has 0 aliphatic heterocycles. The van der Waals surface area contributed by atoms with E-state index in [-0.39, 0.29) is 31.3 Å². The third kappa shape index (κ3) is 20.6. The maximum atomic E-state index is 13.3. The maximum absolute atomic E-state index is 13.3. The summed E-state index contributed by atoms with van der Waals surface area (Å²) in [4.78, 5) is 118. The van der Waals surface area contributed by atoms with E-state index in [1.54, 1.807) is 13.8 Å². The monoisotopic (exact) mass is 845 g/mol. The number of carbonyl (C=O) groups excluding carboxylic acids is 7. The zero-order chi connectivity index (χ0) is 45.7. The largest absolute Gasteiger partial charge is 0.481 e. The van der Waals surface area contributed by atoms with E-state index in [1.807, 2.05) is 13.8 Å². The van der Waals surface area contributed by atoms with Crippen molar-refractivity contribution in [1.82, 2.24) is 37.2 Å². The van der Waals surface area contributed by atoms with Gasteiger partial charge in [-0.15, -0.1) is 0 Å². The number of guanidine groups is 1. The molecule has 0 aromatic carbocycles. The van der Waals surface area contributed by atoms with Gasteiger partial charge in [-0.2, -0.15) is 0 Å². The van der Waals surface area contributed by atoms with Gasteiger partial charge in [0.05, 0.1) is 31.2 Å². The first-order valence-electron chi connectivity index (χ1n) is 19.0. The summed E-state index contributed by atoms with van der Waals surface area (Å²) >= 11 is 0. The molecule has 24 heteroatoms. The summed E-state index contributed by atoms with van der Waals surface area (Å²) in [5, 5.41) is 55.4. The number of hydrogen-bond acceptors (Lipinski definition) is 13. The van der Waals surface area contributed by atoms with Crippen molar-refractivity contribution in [3.05, 3.63) is 0 Å². The highest BCUT2D eigenvalue weighted by atomic mass is 16.4. The van der Waals surface area contributed by atoms with Crippen LogP contribution in [-0.2, 0) is 43.2 Å². The lowest BCUT2D eigenvalue weighted by molar-refractivity contribution is -0.143. The van der Waals surface area contributed by atoms with E-state index in [4.69, 9.17) is 17.2 Å². The molecule has 0 aromatic rings. The summed E-state index contributed by atoms with van der Waals surface area (Å²) in [5.74, 6) is -10.5. The number of carboxylic acids is 2. The summed E-state index contributed by atoms with van der Waals surface area (Å²) in [6.45, 7) is 9.74. The highest BCUT2D eigenvalue weighted by Gasteiger charge is 2.35.